The van der Waals surface area contributed by atoms with E-state index < -0.39 is 34.7 Å². The lowest BCUT2D eigenvalue weighted by Gasteiger charge is -2.30. The third-order valence-electron chi connectivity index (χ3n) is 7.04. The summed E-state index contributed by atoms with van der Waals surface area (Å²) in [5.41, 5.74) is 1.34. The smallest absolute Gasteiger partial charge is 0.337 e. The van der Waals surface area contributed by atoms with Crippen molar-refractivity contribution in [2.24, 2.45) is 0 Å². The molecule has 2 aromatic carbocycles. The van der Waals surface area contributed by atoms with Gasteiger partial charge in [-0.05, 0) is 62.1 Å². The standard InChI is InChI=1S/C27H20F3N5O3S/c28-15-10-19-24(31-12-15)34(18-6-7-20(29)21(30)11-18)27(38)35(26(19)37)17-4-2-16(3-5-17)33-25(36)14-1-8-22-23(9-14)39-13-32-22/h1,6-13,16-17H,2-5H2,(H,33,36). The van der Waals surface area contributed by atoms with Crippen LogP contribution >= 0.6 is 11.3 Å². The number of pyridine rings is 1. The molecule has 39 heavy (non-hydrogen) atoms. The Hall–Kier alpha value is -4.32. The first kappa shape index (κ1) is 25.0. The average molecular weight is 552 g/mol. The molecule has 0 unspecified atom stereocenters. The number of carbonyl (C=O) groups is 1. The number of carbonyl (C=O) groups excluding carboxylic acids is 1. The van der Waals surface area contributed by atoms with Gasteiger partial charge < -0.3 is 5.32 Å². The van der Waals surface area contributed by atoms with Crippen LogP contribution in [0.15, 0.2) is 63.8 Å². The summed E-state index contributed by atoms with van der Waals surface area (Å²) in [5.74, 6) is -3.28. The van der Waals surface area contributed by atoms with E-state index in [9.17, 15) is 27.6 Å². The Balaban J connectivity index is 1.30. The molecule has 3 heterocycles. The number of benzene rings is 2. The molecule has 198 valence electrons. The topological polar surface area (TPSA) is 98.9 Å². The molecule has 1 fully saturated rings. The maximum Gasteiger partial charge on any atom is 0.337 e. The Labute approximate surface area is 222 Å². The molecule has 3 aromatic heterocycles. The van der Waals surface area contributed by atoms with Crippen molar-refractivity contribution in [1.82, 2.24) is 24.4 Å². The van der Waals surface area contributed by atoms with Crippen LogP contribution in [0.25, 0.3) is 26.9 Å². The number of fused-ring (bicyclic) bond motifs is 2. The Kier molecular flexibility index (Phi) is 6.26. The van der Waals surface area contributed by atoms with Gasteiger partial charge in [-0.15, -0.1) is 11.3 Å². The van der Waals surface area contributed by atoms with E-state index in [1.807, 2.05) is 0 Å². The molecule has 0 saturated heterocycles. The minimum atomic E-state index is -1.18. The highest BCUT2D eigenvalue weighted by molar-refractivity contribution is 7.16. The number of aromatic nitrogens is 4. The summed E-state index contributed by atoms with van der Waals surface area (Å²) in [4.78, 5) is 47.9. The van der Waals surface area contributed by atoms with E-state index in [0.717, 1.165) is 43.7 Å². The van der Waals surface area contributed by atoms with Crippen molar-refractivity contribution < 1.29 is 18.0 Å². The van der Waals surface area contributed by atoms with E-state index >= 15 is 0 Å². The fourth-order valence-electron chi connectivity index (χ4n) is 5.10. The lowest BCUT2D eigenvalue weighted by molar-refractivity contribution is 0.0922. The Morgan fingerprint density at radius 3 is 2.51 bits per heavy atom. The summed E-state index contributed by atoms with van der Waals surface area (Å²) in [6, 6.07) is 8.43. The number of nitrogens with one attached hydrogen (secondary N) is 1. The number of hydrogen-bond donors (Lipinski definition) is 1. The summed E-state index contributed by atoms with van der Waals surface area (Å²) in [5, 5.41) is 2.86. The summed E-state index contributed by atoms with van der Waals surface area (Å²) >= 11 is 1.45. The second kappa shape index (κ2) is 9.77. The number of amides is 1. The zero-order valence-corrected chi connectivity index (χ0v) is 21.1. The maximum absolute atomic E-state index is 14.1. The lowest BCUT2D eigenvalue weighted by atomic mass is 9.90. The molecular weight excluding hydrogens is 531 g/mol. The minimum absolute atomic E-state index is 0.0457. The zero-order valence-electron chi connectivity index (χ0n) is 20.2. The zero-order chi connectivity index (χ0) is 27.3. The second-order valence-corrected chi connectivity index (χ2v) is 10.3. The van der Waals surface area contributed by atoms with E-state index in [4.69, 9.17) is 0 Å². The molecule has 12 heteroatoms. The van der Waals surface area contributed by atoms with Crippen LogP contribution in [0, 0.1) is 17.5 Å². The monoisotopic (exact) mass is 551 g/mol. The fourth-order valence-corrected chi connectivity index (χ4v) is 5.82. The van der Waals surface area contributed by atoms with Gasteiger partial charge in [-0.25, -0.2) is 32.5 Å². The highest BCUT2D eigenvalue weighted by Crippen LogP contribution is 2.28. The van der Waals surface area contributed by atoms with E-state index in [-0.39, 0.29) is 28.7 Å². The average Bonchev–Trinajstić information content (AvgIpc) is 3.40. The van der Waals surface area contributed by atoms with Crippen LogP contribution in [-0.2, 0) is 0 Å². The van der Waals surface area contributed by atoms with E-state index in [1.165, 1.54) is 17.4 Å². The summed E-state index contributed by atoms with van der Waals surface area (Å²) in [6.45, 7) is 0. The molecule has 0 radical (unpaired) electrons. The molecule has 0 atom stereocenters. The Morgan fingerprint density at radius 2 is 1.74 bits per heavy atom. The molecule has 1 saturated carbocycles. The Morgan fingerprint density at radius 1 is 0.949 bits per heavy atom. The molecular formula is C27H20F3N5O3S. The number of hydrogen-bond acceptors (Lipinski definition) is 6. The van der Waals surface area contributed by atoms with Crippen LogP contribution in [0.1, 0.15) is 42.1 Å². The molecule has 0 aliphatic heterocycles. The Bertz CT molecular complexity index is 1870. The van der Waals surface area contributed by atoms with E-state index in [1.54, 1.807) is 23.7 Å². The second-order valence-electron chi connectivity index (χ2n) is 9.43. The van der Waals surface area contributed by atoms with E-state index in [0.29, 0.717) is 31.2 Å². The summed E-state index contributed by atoms with van der Waals surface area (Å²) in [7, 11) is 0. The molecule has 1 amide bonds. The van der Waals surface area contributed by atoms with Crippen LogP contribution < -0.4 is 16.6 Å². The van der Waals surface area contributed by atoms with E-state index in [2.05, 4.69) is 15.3 Å². The van der Waals surface area contributed by atoms with Gasteiger partial charge in [0.15, 0.2) is 17.3 Å². The number of thiazole rings is 1. The third kappa shape index (κ3) is 4.50. The summed E-state index contributed by atoms with van der Waals surface area (Å²) in [6.07, 6.45) is 2.62. The third-order valence-corrected chi connectivity index (χ3v) is 7.84. The first-order valence-electron chi connectivity index (χ1n) is 12.2. The van der Waals surface area contributed by atoms with Crippen LogP contribution in [-0.4, -0.2) is 31.1 Å². The predicted molar refractivity (Wildman–Crippen MR) is 140 cm³/mol. The van der Waals surface area contributed by atoms with Crippen LogP contribution in [0.5, 0.6) is 0 Å². The van der Waals surface area contributed by atoms with Gasteiger partial charge in [0.05, 0.1) is 33.0 Å². The van der Waals surface area contributed by atoms with Gasteiger partial charge in [-0.2, -0.15) is 0 Å². The normalized spacial score (nSPS) is 17.5. The fraction of sp³-hybridized carbons (Fsp3) is 0.222. The van der Waals surface area contributed by atoms with Gasteiger partial charge in [-0.3, -0.25) is 14.2 Å². The van der Waals surface area contributed by atoms with Gasteiger partial charge in [0, 0.05) is 23.7 Å². The maximum atomic E-state index is 14.1. The van der Waals surface area contributed by atoms with Gasteiger partial charge in [0.25, 0.3) is 11.5 Å². The molecule has 6 rings (SSSR count). The van der Waals surface area contributed by atoms with Gasteiger partial charge in [-0.1, -0.05) is 0 Å². The summed E-state index contributed by atoms with van der Waals surface area (Å²) < 4.78 is 44.6. The van der Waals surface area contributed by atoms with Gasteiger partial charge >= 0.3 is 5.69 Å². The first-order valence-corrected chi connectivity index (χ1v) is 13.1. The van der Waals surface area contributed by atoms with Crippen molar-refractivity contribution in [2.45, 2.75) is 37.8 Å². The van der Waals surface area contributed by atoms with Crippen molar-refractivity contribution in [2.75, 3.05) is 0 Å². The first-order chi connectivity index (χ1) is 18.8. The highest BCUT2D eigenvalue weighted by Gasteiger charge is 2.28. The van der Waals surface area contributed by atoms with Crippen LogP contribution in [0.2, 0.25) is 0 Å². The van der Waals surface area contributed by atoms with Crippen molar-refractivity contribution in [3.63, 3.8) is 0 Å². The lowest BCUT2D eigenvalue weighted by Crippen LogP contribution is -2.45. The molecule has 0 spiro atoms. The number of rotatable bonds is 4. The number of nitrogens with zero attached hydrogens (tertiary/aromatic N) is 4. The highest BCUT2D eigenvalue weighted by atomic mass is 32.1. The largest absolute Gasteiger partial charge is 0.349 e. The molecule has 5 aromatic rings. The SMILES string of the molecule is O=C(NC1CCC(n2c(=O)c3cc(F)cnc3n(-c3ccc(F)c(F)c3)c2=O)CC1)c1ccc2ncsc2c1. The van der Waals surface area contributed by atoms with Crippen molar-refractivity contribution in [3.8, 4) is 5.69 Å². The van der Waals surface area contributed by atoms with Crippen LogP contribution in [0.4, 0.5) is 13.2 Å². The molecule has 1 aliphatic rings. The van der Waals surface area contributed by atoms with Crippen molar-refractivity contribution in [1.29, 1.82) is 0 Å². The molecule has 1 N–H and O–H groups in total. The van der Waals surface area contributed by atoms with Crippen molar-refractivity contribution >= 4 is 38.5 Å². The molecule has 0 bridgehead atoms. The minimum Gasteiger partial charge on any atom is -0.349 e. The quantitative estimate of drug-likeness (QED) is 0.355. The molecule has 1 aliphatic carbocycles. The predicted octanol–water partition coefficient (Wildman–Crippen LogP) is 4.49. The van der Waals surface area contributed by atoms with Gasteiger partial charge in [0.1, 0.15) is 5.82 Å². The van der Waals surface area contributed by atoms with Crippen molar-refractivity contribution in [3.05, 3.63) is 98.0 Å². The van der Waals surface area contributed by atoms with Crippen LogP contribution in [0.3, 0.4) is 0 Å². The molecule has 8 nitrogen and oxygen atoms in total. The number of halogens is 3. The van der Waals surface area contributed by atoms with Gasteiger partial charge in [0.2, 0.25) is 0 Å².